The van der Waals surface area contributed by atoms with Crippen LogP contribution in [0.25, 0.3) is 0 Å². The van der Waals surface area contributed by atoms with Crippen LogP contribution in [0.3, 0.4) is 0 Å². The number of carbonyl (C=O) groups is 2. The molecule has 0 aromatic carbocycles. The maximum Gasteiger partial charge on any atom is 0.472 e. The van der Waals surface area contributed by atoms with Crippen LogP contribution >= 0.6 is 7.82 Å². The molecular formula is C88H161NO8P+. The number of allylic oxidation sites excluding steroid dienone is 16. The Morgan fingerprint density at radius 3 is 0.867 bits per heavy atom. The van der Waals surface area contributed by atoms with Crippen molar-refractivity contribution in [1.82, 2.24) is 0 Å². The summed E-state index contributed by atoms with van der Waals surface area (Å²) in [7, 11) is 1.49. The Labute approximate surface area is 608 Å². The number of carbonyl (C=O) groups excluding carboxylic acids is 2. The van der Waals surface area contributed by atoms with E-state index in [-0.39, 0.29) is 25.6 Å². The number of phosphoric ester groups is 1. The molecule has 0 bridgehead atoms. The lowest BCUT2D eigenvalue weighted by Gasteiger charge is -2.24. The molecule has 0 fully saturated rings. The number of unbranched alkanes of at least 4 members (excludes halogenated alkanes) is 48. The number of quaternary nitrogens is 1. The van der Waals surface area contributed by atoms with Crippen molar-refractivity contribution in [3.05, 3.63) is 97.2 Å². The normalized spacial score (nSPS) is 13.5. The van der Waals surface area contributed by atoms with Gasteiger partial charge in [0.15, 0.2) is 6.10 Å². The van der Waals surface area contributed by atoms with Crippen LogP contribution in [0.4, 0.5) is 0 Å². The molecule has 570 valence electrons. The Morgan fingerprint density at radius 1 is 0.327 bits per heavy atom. The highest BCUT2D eigenvalue weighted by molar-refractivity contribution is 7.47. The van der Waals surface area contributed by atoms with Gasteiger partial charge in [-0.2, -0.15) is 0 Å². The number of rotatable bonds is 78. The summed E-state index contributed by atoms with van der Waals surface area (Å²) < 4.78 is 34.9. The molecule has 0 aliphatic carbocycles. The fourth-order valence-electron chi connectivity index (χ4n) is 12.2. The molecule has 0 aliphatic rings. The van der Waals surface area contributed by atoms with Crippen molar-refractivity contribution in [2.75, 3.05) is 47.5 Å². The molecule has 2 atom stereocenters. The van der Waals surface area contributed by atoms with Gasteiger partial charge in [0.25, 0.3) is 0 Å². The van der Waals surface area contributed by atoms with Gasteiger partial charge in [0, 0.05) is 12.8 Å². The van der Waals surface area contributed by atoms with Crippen molar-refractivity contribution in [2.45, 2.75) is 405 Å². The van der Waals surface area contributed by atoms with Crippen molar-refractivity contribution >= 4 is 19.8 Å². The van der Waals surface area contributed by atoms with E-state index in [1.807, 2.05) is 21.1 Å². The molecule has 0 aromatic heterocycles. The van der Waals surface area contributed by atoms with Gasteiger partial charge < -0.3 is 18.9 Å². The standard InChI is InChI=1S/C88H160NO8P/c1-6-8-10-12-14-16-18-20-22-24-26-28-30-32-34-36-38-40-41-42-43-44-45-46-47-49-50-52-54-56-58-60-62-64-66-68-70-72-74-76-78-80-87(90)94-84-86(85-96-98(92,93)95-83-82-89(3,4)5)97-88(91)81-79-77-75-73-71-69-67-65-63-61-59-57-55-53-51-48-39-37-35-33-31-29-27-25-23-21-19-17-15-13-11-9-7-2/h9,11,15,17-18,20-21,23-24,26-27,29,33,35,39,48,86H,6-8,10,12-14,16,19,22,25,28,30-32,34,36-38,40-47,49-85H2,1-5H3/p+1/b11-9-,17-15-,20-18-,23-21-,26-24-,29-27-,35-33-,48-39-. The Balaban J connectivity index is 3.90. The fourth-order valence-corrected chi connectivity index (χ4v) is 13.0. The van der Waals surface area contributed by atoms with E-state index < -0.39 is 26.5 Å². The van der Waals surface area contributed by atoms with Crippen LogP contribution in [-0.4, -0.2) is 74.9 Å². The summed E-state index contributed by atoms with van der Waals surface area (Å²) in [6.07, 6.45) is 110. The first-order valence-electron chi connectivity index (χ1n) is 42.0. The number of likely N-dealkylation sites (N-methyl/N-ethyl adjacent to an activating group) is 1. The van der Waals surface area contributed by atoms with Crippen molar-refractivity contribution in [3.8, 4) is 0 Å². The Bertz CT molecular complexity index is 1980. The van der Waals surface area contributed by atoms with Crippen molar-refractivity contribution in [3.63, 3.8) is 0 Å². The first-order valence-corrected chi connectivity index (χ1v) is 43.5. The average Bonchev–Trinajstić information content (AvgIpc) is 1.08. The summed E-state index contributed by atoms with van der Waals surface area (Å²) in [5.74, 6) is -0.782. The largest absolute Gasteiger partial charge is 0.472 e. The van der Waals surface area contributed by atoms with Crippen LogP contribution in [0.2, 0.25) is 0 Å². The third kappa shape index (κ3) is 81.9. The van der Waals surface area contributed by atoms with Crippen LogP contribution in [0.5, 0.6) is 0 Å². The van der Waals surface area contributed by atoms with E-state index in [1.165, 1.54) is 283 Å². The van der Waals surface area contributed by atoms with Crippen LogP contribution in [0.1, 0.15) is 399 Å². The van der Waals surface area contributed by atoms with Gasteiger partial charge in [0.05, 0.1) is 27.7 Å². The third-order valence-electron chi connectivity index (χ3n) is 18.6. The summed E-state index contributed by atoms with van der Waals surface area (Å²) in [5.41, 5.74) is 0. The van der Waals surface area contributed by atoms with Gasteiger partial charge in [-0.05, 0) is 96.3 Å². The zero-order valence-electron chi connectivity index (χ0n) is 65.3. The third-order valence-corrected chi connectivity index (χ3v) is 19.6. The van der Waals surface area contributed by atoms with E-state index >= 15 is 0 Å². The highest BCUT2D eigenvalue weighted by Gasteiger charge is 2.27. The predicted molar refractivity (Wildman–Crippen MR) is 427 cm³/mol. The number of ether oxygens (including phenoxy) is 2. The second-order valence-corrected chi connectivity index (χ2v) is 30.9. The maximum absolute atomic E-state index is 12.9. The highest BCUT2D eigenvalue weighted by atomic mass is 31.2. The Kier molecular flexibility index (Phi) is 75.6. The highest BCUT2D eigenvalue weighted by Crippen LogP contribution is 2.43. The van der Waals surface area contributed by atoms with Gasteiger partial charge in [-0.3, -0.25) is 18.6 Å². The zero-order chi connectivity index (χ0) is 71.1. The summed E-state index contributed by atoms with van der Waals surface area (Å²) in [6, 6.07) is 0. The molecule has 0 heterocycles. The van der Waals surface area contributed by atoms with E-state index in [4.69, 9.17) is 18.5 Å². The van der Waals surface area contributed by atoms with Crippen molar-refractivity contribution < 1.29 is 42.1 Å². The zero-order valence-corrected chi connectivity index (χ0v) is 66.2. The van der Waals surface area contributed by atoms with Crippen LogP contribution < -0.4 is 0 Å². The molecule has 1 N–H and O–H groups in total. The van der Waals surface area contributed by atoms with Crippen LogP contribution in [0.15, 0.2) is 97.2 Å². The molecular weight excluding hydrogens is 1230 g/mol. The minimum absolute atomic E-state index is 0.0309. The molecule has 9 nitrogen and oxygen atoms in total. The lowest BCUT2D eigenvalue weighted by molar-refractivity contribution is -0.870. The molecule has 0 aromatic rings. The van der Waals surface area contributed by atoms with Gasteiger partial charge in [-0.15, -0.1) is 0 Å². The van der Waals surface area contributed by atoms with E-state index in [9.17, 15) is 19.0 Å². The number of hydrogen-bond acceptors (Lipinski definition) is 7. The van der Waals surface area contributed by atoms with Crippen LogP contribution in [0, 0.1) is 0 Å². The number of hydrogen-bond donors (Lipinski definition) is 1. The first-order chi connectivity index (χ1) is 48.0. The summed E-state index contributed by atoms with van der Waals surface area (Å²) in [4.78, 5) is 36.0. The molecule has 0 saturated carbocycles. The molecule has 0 aliphatic heterocycles. The maximum atomic E-state index is 12.9. The Hall–Kier alpha value is -3.07. The predicted octanol–water partition coefficient (Wildman–Crippen LogP) is 28.2. The smallest absolute Gasteiger partial charge is 0.462 e. The minimum Gasteiger partial charge on any atom is -0.462 e. The lowest BCUT2D eigenvalue weighted by atomic mass is 10.0. The average molecular weight is 1390 g/mol. The SMILES string of the molecule is CC/C=C\C/C=C\C/C=C\C/C=C\C/C=C\C/C=C\CCCCCCCCCCCCCCCCC(=O)OC(COC(=O)CCCCCCCCCCCCCCCCCCCCCCCCCCCCCCC/C=C\C/C=C\CCCCCCC)COP(=O)(O)OCC[N+](C)(C)C. The van der Waals surface area contributed by atoms with E-state index in [1.54, 1.807) is 0 Å². The summed E-state index contributed by atoms with van der Waals surface area (Å²) >= 11 is 0. The first kappa shape index (κ1) is 94.9. The van der Waals surface area contributed by atoms with Gasteiger partial charge in [0.1, 0.15) is 19.8 Å². The second kappa shape index (κ2) is 78.1. The lowest BCUT2D eigenvalue weighted by Crippen LogP contribution is -2.37. The summed E-state index contributed by atoms with van der Waals surface area (Å²) in [6.45, 7) is 4.36. The number of phosphoric acid groups is 1. The molecule has 10 heteroatoms. The van der Waals surface area contributed by atoms with Gasteiger partial charge in [-0.25, -0.2) is 4.57 Å². The monoisotopic (exact) mass is 1390 g/mol. The molecule has 98 heavy (non-hydrogen) atoms. The minimum atomic E-state index is -4.40. The van der Waals surface area contributed by atoms with Gasteiger partial charge in [-0.1, -0.05) is 387 Å². The summed E-state index contributed by atoms with van der Waals surface area (Å²) in [5, 5.41) is 0. The van der Waals surface area contributed by atoms with Crippen molar-refractivity contribution in [1.29, 1.82) is 0 Å². The number of nitrogens with zero attached hydrogens (tertiary/aromatic N) is 1. The molecule has 0 saturated heterocycles. The molecule has 0 radical (unpaired) electrons. The number of esters is 2. The second-order valence-electron chi connectivity index (χ2n) is 29.5. The van der Waals surface area contributed by atoms with E-state index in [0.29, 0.717) is 23.9 Å². The molecule has 0 rings (SSSR count). The molecule has 2 unspecified atom stereocenters. The van der Waals surface area contributed by atoms with Gasteiger partial charge >= 0.3 is 19.8 Å². The topological polar surface area (TPSA) is 108 Å². The Morgan fingerprint density at radius 2 is 0.582 bits per heavy atom. The quantitative estimate of drug-likeness (QED) is 0.0211. The van der Waals surface area contributed by atoms with E-state index in [2.05, 4.69) is 111 Å². The van der Waals surface area contributed by atoms with Crippen LogP contribution in [-0.2, 0) is 32.7 Å². The van der Waals surface area contributed by atoms with Gasteiger partial charge in [0.2, 0.25) is 0 Å². The van der Waals surface area contributed by atoms with Crippen molar-refractivity contribution in [2.24, 2.45) is 0 Å². The molecule has 0 amide bonds. The molecule has 0 spiro atoms. The van der Waals surface area contributed by atoms with E-state index in [0.717, 1.165) is 83.5 Å². The fraction of sp³-hybridized carbons (Fsp3) is 0.795.